The van der Waals surface area contributed by atoms with Crippen molar-refractivity contribution < 1.29 is 14.7 Å². The molecule has 3 N–H and O–H groups in total. The molecular formula is C8H9N3O3. The van der Waals surface area contributed by atoms with Crippen LogP contribution in [0, 0.1) is 0 Å². The minimum atomic E-state index is -1.18. The fraction of sp³-hybridized carbons (Fsp3) is 0.125. The molecule has 0 saturated heterocycles. The van der Waals surface area contributed by atoms with Crippen LogP contribution in [0.3, 0.4) is 0 Å². The lowest BCUT2D eigenvalue weighted by molar-refractivity contribution is -0.114. The first kappa shape index (κ1) is 9.97. The van der Waals surface area contributed by atoms with E-state index in [2.05, 4.69) is 15.6 Å². The lowest BCUT2D eigenvalue weighted by atomic mass is 10.4. The average Bonchev–Trinajstić information content (AvgIpc) is 2.06. The standard InChI is InChI=1S/C8H9N3O3/c1-5(12)10-6-2-3-7(9-4-6)11-8(13)14/h2-4H,1H3,(H,9,11)(H,10,12)(H,13,14). The first-order valence-electron chi connectivity index (χ1n) is 3.81. The van der Waals surface area contributed by atoms with Gasteiger partial charge in [0.05, 0.1) is 11.9 Å². The molecule has 2 amide bonds. The number of nitrogens with zero attached hydrogens (tertiary/aromatic N) is 1. The molecule has 0 saturated carbocycles. The summed E-state index contributed by atoms with van der Waals surface area (Å²) in [6, 6.07) is 3.01. The first-order chi connectivity index (χ1) is 6.58. The summed E-state index contributed by atoms with van der Waals surface area (Å²) in [6.45, 7) is 1.38. The molecule has 1 rings (SSSR count). The molecule has 0 aliphatic carbocycles. The molecule has 0 bridgehead atoms. The topological polar surface area (TPSA) is 91.3 Å². The second-order valence-corrected chi connectivity index (χ2v) is 2.54. The van der Waals surface area contributed by atoms with Crippen LogP contribution in [0.25, 0.3) is 0 Å². The molecule has 0 unspecified atom stereocenters. The van der Waals surface area contributed by atoms with Crippen molar-refractivity contribution in [3.8, 4) is 0 Å². The number of carbonyl (C=O) groups excluding carboxylic acids is 1. The summed E-state index contributed by atoms with van der Waals surface area (Å²) in [6.07, 6.45) is 0.192. The van der Waals surface area contributed by atoms with Gasteiger partial charge in [-0.05, 0) is 12.1 Å². The fourth-order valence-corrected chi connectivity index (χ4v) is 0.855. The van der Waals surface area contributed by atoms with E-state index in [0.717, 1.165) is 0 Å². The highest BCUT2D eigenvalue weighted by Gasteiger charge is 1.99. The van der Waals surface area contributed by atoms with Crippen molar-refractivity contribution in [2.24, 2.45) is 0 Å². The third-order valence-corrected chi connectivity index (χ3v) is 1.32. The van der Waals surface area contributed by atoms with Gasteiger partial charge in [0.2, 0.25) is 5.91 Å². The monoisotopic (exact) mass is 195 g/mol. The molecule has 0 atom stereocenters. The quantitative estimate of drug-likeness (QED) is 0.659. The summed E-state index contributed by atoms with van der Waals surface area (Å²) in [7, 11) is 0. The van der Waals surface area contributed by atoms with Crippen LogP contribution in [0.15, 0.2) is 18.3 Å². The van der Waals surface area contributed by atoms with Gasteiger partial charge in [0.25, 0.3) is 0 Å². The van der Waals surface area contributed by atoms with E-state index in [9.17, 15) is 9.59 Å². The number of carbonyl (C=O) groups is 2. The van der Waals surface area contributed by atoms with Crippen LogP contribution in [-0.2, 0) is 4.79 Å². The molecule has 0 spiro atoms. The van der Waals surface area contributed by atoms with Crippen molar-refractivity contribution in [3.63, 3.8) is 0 Å². The maximum absolute atomic E-state index is 10.6. The first-order valence-corrected chi connectivity index (χ1v) is 3.81. The van der Waals surface area contributed by atoms with Gasteiger partial charge in [-0.1, -0.05) is 0 Å². The van der Waals surface area contributed by atoms with Crippen LogP contribution >= 0.6 is 0 Å². The number of amides is 2. The number of nitrogens with one attached hydrogen (secondary N) is 2. The average molecular weight is 195 g/mol. The summed E-state index contributed by atoms with van der Waals surface area (Å²) in [4.78, 5) is 24.6. The molecule has 14 heavy (non-hydrogen) atoms. The summed E-state index contributed by atoms with van der Waals surface area (Å²) < 4.78 is 0. The maximum Gasteiger partial charge on any atom is 0.410 e. The molecule has 6 nitrogen and oxygen atoms in total. The van der Waals surface area contributed by atoms with E-state index >= 15 is 0 Å². The number of anilines is 2. The van der Waals surface area contributed by atoms with Crippen molar-refractivity contribution in [2.45, 2.75) is 6.92 Å². The van der Waals surface area contributed by atoms with Gasteiger partial charge in [0, 0.05) is 6.92 Å². The Balaban J connectivity index is 2.68. The maximum atomic E-state index is 10.6. The third kappa shape index (κ3) is 3.10. The fourth-order valence-electron chi connectivity index (χ4n) is 0.855. The third-order valence-electron chi connectivity index (χ3n) is 1.32. The van der Waals surface area contributed by atoms with E-state index in [1.54, 1.807) is 6.07 Å². The highest BCUT2D eigenvalue weighted by molar-refractivity contribution is 5.88. The number of aromatic nitrogens is 1. The van der Waals surface area contributed by atoms with Crippen LogP contribution in [-0.4, -0.2) is 22.1 Å². The summed E-state index contributed by atoms with van der Waals surface area (Å²) >= 11 is 0. The van der Waals surface area contributed by atoms with E-state index in [1.807, 2.05) is 0 Å². The van der Waals surface area contributed by atoms with Crippen molar-refractivity contribution >= 4 is 23.5 Å². The molecule has 0 radical (unpaired) electrons. The Hall–Kier alpha value is -2.11. The van der Waals surface area contributed by atoms with Crippen LogP contribution in [0.2, 0.25) is 0 Å². The second kappa shape index (κ2) is 4.22. The van der Waals surface area contributed by atoms with Crippen molar-refractivity contribution in [3.05, 3.63) is 18.3 Å². The second-order valence-electron chi connectivity index (χ2n) is 2.54. The number of pyridine rings is 1. The largest absolute Gasteiger partial charge is 0.465 e. The van der Waals surface area contributed by atoms with Gasteiger partial charge in [-0.2, -0.15) is 0 Å². The summed E-state index contributed by atoms with van der Waals surface area (Å²) in [5, 5.41) is 12.9. The Morgan fingerprint density at radius 3 is 2.50 bits per heavy atom. The van der Waals surface area contributed by atoms with E-state index in [-0.39, 0.29) is 11.7 Å². The van der Waals surface area contributed by atoms with Crippen LogP contribution in [0.5, 0.6) is 0 Å². The molecular weight excluding hydrogens is 186 g/mol. The lowest BCUT2D eigenvalue weighted by Gasteiger charge is -2.02. The highest BCUT2D eigenvalue weighted by atomic mass is 16.4. The Bertz CT molecular complexity index is 312. The molecule has 0 aromatic carbocycles. The predicted molar refractivity (Wildman–Crippen MR) is 50.2 cm³/mol. The lowest BCUT2D eigenvalue weighted by Crippen LogP contribution is -2.09. The van der Waals surface area contributed by atoms with Crippen LogP contribution in [0.1, 0.15) is 6.92 Å². The zero-order valence-electron chi connectivity index (χ0n) is 7.44. The van der Waals surface area contributed by atoms with Gasteiger partial charge >= 0.3 is 6.09 Å². The van der Waals surface area contributed by atoms with Gasteiger partial charge in [-0.3, -0.25) is 10.1 Å². The number of carboxylic acid groups (broad SMARTS) is 1. The smallest absolute Gasteiger partial charge is 0.410 e. The predicted octanol–water partition coefficient (Wildman–Crippen LogP) is 1.13. The Morgan fingerprint density at radius 1 is 1.36 bits per heavy atom. The number of hydrogen-bond acceptors (Lipinski definition) is 3. The van der Waals surface area contributed by atoms with Gasteiger partial charge in [0.15, 0.2) is 0 Å². The number of rotatable bonds is 2. The Kier molecular flexibility index (Phi) is 3.01. The van der Waals surface area contributed by atoms with Crippen molar-refractivity contribution in [1.29, 1.82) is 0 Å². The van der Waals surface area contributed by atoms with Gasteiger partial charge in [-0.25, -0.2) is 9.78 Å². The van der Waals surface area contributed by atoms with Gasteiger partial charge in [0.1, 0.15) is 5.82 Å². The normalized spacial score (nSPS) is 9.21. The molecule has 1 aromatic rings. The minimum absolute atomic E-state index is 0.203. The summed E-state index contributed by atoms with van der Waals surface area (Å²) in [5.41, 5.74) is 0.522. The zero-order valence-corrected chi connectivity index (χ0v) is 7.44. The van der Waals surface area contributed by atoms with Crippen LogP contribution in [0.4, 0.5) is 16.3 Å². The molecule has 74 valence electrons. The van der Waals surface area contributed by atoms with Crippen molar-refractivity contribution in [1.82, 2.24) is 4.98 Å². The Morgan fingerprint density at radius 2 is 2.07 bits per heavy atom. The summed E-state index contributed by atoms with van der Waals surface area (Å²) in [5.74, 6) is 0.0114. The SMILES string of the molecule is CC(=O)Nc1ccc(NC(=O)O)nc1. The van der Waals surface area contributed by atoms with Gasteiger partial charge < -0.3 is 10.4 Å². The molecule has 0 aliphatic heterocycles. The number of hydrogen-bond donors (Lipinski definition) is 3. The molecule has 1 heterocycles. The van der Waals surface area contributed by atoms with E-state index in [0.29, 0.717) is 5.69 Å². The Labute approximate surface area is 80.0 Å². The van der Waals surface area contributed by atoms with E-state index < -0.39 is 6.09 Å². The van der Waals surface area contributed by atoms with Crippen molar-refractivity contribution in [2.75, 3.05) is 10.6 Å². The molecule has 6 heteroatoms. The van der Waals surface area contributed by atoms with E-state index in [4.69, 9.17) is 5.11 Å². The zero-order chi connectivity index (χ0) is 10.6. The molecule has 0 fully saturated rings. The minimum Gasteiger partial charge on any atom is -0.465 e. The van der Waals surface area contributed by atoms with Crippen LogP contribution < -0.4 is 10.6 Å². The van der Waals surface area contributed by atoms with E-state index in [1.165, 1.54) is 19.2 Å². The highest BCUT2D eigenvalue weighted by Crippen LogP contribution is 2.08. The van der Waals surface area contributed by atoms with Gasteiger partial charge in [-0.15, -0.1) is 0 Å². The molecule has 1 aromatic heterocycles. The molecule has 0 aliphatic rings.